The van der Waals surface area contributed by atoms with Crippen LogP contribution in [0.5, 0.6) is 0 Å². The van der Waals surface area contributed by atoms with E-state index in [1.807, 2.05) is 0 Å². The minimum absolute atomic E-state index is 0.140. The van der Waals surface area contributed by atoms with Crippen molar-refractivity contribution in [1.82, 2.24) is 4.90 Å². The Bertz CT molecular complexity index is 697. The molecule has 1 aromatic carbocycles. The third kappa shape index (κ3) is 3.89. The number of carboxylic acid groups (broad SMARTS) is 1. The molecule has 1 saturated heterocycles. The maximum atomic E-state index is 12.5. The predicted molar refractivity (Wildman–Crippen MR) is 89.3 cm³/mol. The highest BCUT2D eigenvalue weighted by Gasteiger charge is 2.52. The summed E-state index contributed by atoms with van der Waals surface area (Å²) in [5.74, 6) is -1.19. The number of hydrogen-bond acceptors (Lipinski definition) is 5. The van der Waals surface area contributed by atoms with Crippen molar-refractivity contribution in [3.63, 3.8) is 0 Å². The highest BCUT2D eigenvalue weighted by Crippen LogP contribution is 2.36. The number of carboxylic acids is 1. The molecule has 1 aliphatic heterocycles. The fraction of sp³-hybridized carbons (Fsp3) is 0.529. The monoisotopic (exact) mass is 350 g/mol. The summed E-state index contributed by atoms with van der Waals surface area (Å²) in [5, 5.41) is 21.1. The van der Waals surface area contributed by atoms with E-state index >= 15 is 0 Å². The number of ether oxygens (including phenoxy) is 1. The second-order valence-corrected chi connectivity index (χ2v) is 7.13. The van der Waals surface area contributed by atoms with Crippen LogP contribution in [0.15, 0.2) is 24.3 Å². The van der Waals surface area contributed by atoms with Gasteiger partial charge in [-0.2, -0.15) is 0 Å². The molecule has 8 heteroatoms. The van der Waals surface area contributed by atoms with E-state index in [9.17, 15) is 24.8 Å². The molecular formula is C17H22N2O6. The molecule has 0 radical (unpaired) electrons. The summed E-state index contributed by atoms with van der Waals surface area (Å²) in [4.78, 5) is 36.4. The Morgan fingerprint density at radius 1 is 1.36 bits per heavy atom. The van der Waals surface area contributed by atoms with Gasteiger partial charge in [-0.1, -0.05) is 18.2 Å². The summed E-state index contributed by atoms with van der Waals surface area (Å²) >= 11 is 0. The van der Waals surface area contributed by atoms with Gasteiger partial charge in [-0.25, -0.2) is 9.59 Å². The molecule has 1 aromatic rings. The van der Waals surface area contributed by atoms with Crippen molar-refractivity contribution in [2.75, 3.05) is 6.54 Å². The number of benzene rings is 1. The lowest BCUT2D eigenvalue weighted by molar-refractivity contribution is -0.385. The molecule has 0 aliphatic carbocycles. The van der Waals surface area contributed by atoms with E-state index < -0.39 is 28.1 Å². The van der Waals surface area contributed by atoms with Crippen LogP contribution in [0.4, 0.5) is 10.5 Å². The van der Waals surface area contributed by atoms with E-state index in [4.69, 9.17) is 4.74 Å². The Morgan fingerprint density at radius 3 is 2.56 bits per heavy atom. The van der Waals surface area contributed by atoms with Gasteiger partial charge in [-0.3, -0.25) is 15.0 Å². The summed E-state index contributed by atoms with van der Waals surface area (Å²) in [5.41, 5.74) is -2.18. The molecule has 0 bridgehead atoms. The number of carbonyl (C=O) groups excluding carboxylic acids is 1. The van der Waals surface area contributed by atoms with Gasteiger partial charge in [0.25, 0.3) is 5.69 Å². The lowest BCUT2D eigenvalue weighted by Gasteiger charge is -2.35. The van der Waals surface area contributed by atoms with Crippen LogP contribution in [0, 0.1) is 10.1 Å². The minimum Gasteiger partial charge on any atom is -0.479 e. The molecule has 0 aromatic heterocycles. The Balaban J connectivity index is 2.40. The summed E-state index contributed by atoms with van der Waals surface area (Å²) in [6.07, 6.45) is -0.149. The highest BCUT2D eigenvalue weighted by molar-refractivity contribution is 5.86. The van der Waals surface area contributed by atoms with Crippen LogP contribution < -0.4 is 0 Å². The van der Waals surface area contributed by atoms with Crippen LogP contribution >= 0.6 is 0 Å². The first-order chi connectivity index (χ1) is 11.6. The molecule has 0 unspecified atom stereocenters. The van der Waals surface area contributed by atoms with Crippen molar-refractivity contribution >= 4 is 17.7 Å². The van der Waals surface area contributed by atoms with Crippen molar-refractivity contribution in [2.45, 2.75) is 51.2 Å². The zero-order chi connectivity index (χ0) is 18.8. The quantitative estimate of drug-likeness (QED) is 0.660. The summed E-state index contributed by atoms with van der Waals surface area (Å²) < 4.78 is 5.33. The molecule has 1 amide bonds. The number of nitrogens with zero attached hydrogens (tertiary/aromatic N) is 2. The van der Waals surface area contributed by atoms with Gasteiger partial charge in [-0.15, -0.1) is 0 Å². The molecule has 136 valence electrons. The number of nitro groups is 1. The lowest BCUT2D eigenvalue weighted by atomic mass is 9.87. The van der Waals surface area contributed by atoms with Gasteiger partial charge in [0.1, 0.15) is 11.1 Å². The molecule has 1 heterocycles. The number of likely N-dealkylation sites (tertiary alicyclic amines) is 1. The number of hydrogen-bond donors (Lipinski definition) is 1. The fourth-order valence-electron chi connectivity index (χ4n) is 3.10. The van der Waals surface area contributed by atoms with Crippen molar-refractivity contribution in [2.24, 2.45) is 0 Å². The van der Waals surface area contributed by atoms with Crippen LogP contribution in [-0.4, -0.2) is 44.7 Å². The molecule has 0 saturated carbocycles. The van der Waals surface area contributed by atoms with E-state index in [0.29, 0.717) is 6.42 Å². The first-order valence-electron chi connectivity index (χ1n) is 8.03. The Hall–Kier alpha value is -2.64. The molecule has 1 atom stereocenters. The SMILES string of the molecule is CC(C)(C)OC(=O)N1CCC[C@@]1(Cc1ccccc1[N+](=O)[O-])C(=O)O. The topological polar surface area (TPSA) is 110 Å². The van der Waals surface area contributed by atoms with Gasteiger partial charge < -0.3 is 9.84 Å². The molecule has 2 rings (SSSR count). The first kappa shape index (κ1) is 18.7. The number of amides is 1. The first-order valence-corrected chi connectivity index (χ1v) is 8.03. The summed E-state index contributed by atoms with van der Waals surface area (Å²) in [7, 11) is 0. The standard InChI is InChI=1S/C17H22N2O6/c1-16(2,3)25-15(22)18-10-6-9-17(18,14(20)21)11-12-7-4-5-8-13(12)19(23)24/h4-5,7-8H,6,9-11H2,1-3H3,(H,20,21)/t17-/m1/s1. The predicted octanol–water partition coefficient (Wildman–Crippen LogP) is 2.99. The molecular weight excluding hydrogens is 328 g/mol. The van der Waals surface area contributed by atoms with E-state index in [1.54, 1.807) is 26.8 Å². The van der Waals surface area contributed by atoms with E-state index in [2.05, 4.69) is 0 Å². The second kappa shape index (κ2) is 6.70. The van der Waals surface area contributed by atoms with E-state index in [-0.39, 0.29) is 30.6 Å². The average molecular weight is 350 g/mol. The van der Waals surface area contributed by atoms with E-state index in [0.717, 1.165) is 0 Å². The van der Waals surface area contributed by atoms with Crippen molar-refractivity contribution in [3.05, 3.63) is 39.9 Å². The molecule has 1 fully saturated rings. The number of carbonyl (C=O) groups is 2. The maximum Gasteiger partial charge on any atom is 0.411 e. The third-order valence-electron chi connectivity index (χ3n) is 4.17. The maximum absolute atomic E-state index is 12.5. The molecule has 25 heavy (non-hydrogen) atoms. The number of nitro benzene ring substituents is 1. The van der Waals surface area contributed by atoms with Crippen LogP contribution in [0.3, 0.4) is 0 Å². The second-order valence-electron chi connectivity index (χ2n) is 7.13. The van der Waals surface area contributed by atoms with Gasteiger partial charge in [0.2, 0.25) is 0 Å². The Morgan fingerprint density at radius 2 is 2.00 bits per heavy atom. The molecule has 0 spiro atoms. The van der Waals surface area contributed by atoms with Gasteiger partial charge >= 0.3 is 12.1 Å². The third-order valence-corrected chi connectivity index (χ3v) is 4.17. The molecule has 1 aliphatic rings. The Kier molecular flexibility index (Phi) is 5.01. The van der Waals surface area contributed by atoms with Crippen LogP contribution in [-0.2, 0) is 16.0 Å². The average Bonchev–Trinajstić information content (AvgIpc) is 2.91. The lowest BCUT2D eigenvalue weighted by Crippen LogP contribution is -2.55. The largest absolute Gasteiger partial charge is 0.479 e. The summed E-state index contributed by atoms with van der Waals surface area (Å²) in [6.45, 7) is 5.34. The zero-order valence-electron chi connectivity index (χ0n) is 14.5. The van der Waals surface area contributed by atoms with Gasteiger partial charge in [-0.05, 0) is 33.6 Å². The number of aliphatic carboxylic acids is 1. The molecule has 8 nitrogen and oxygen atoms in total. The van der Waals surface area contributed by atoms with Crippen molar-refractivity contribution < 1.29 is 24.4 Å². The van der Waals surface area contributed by atoms with Crippen LogP contribution in [0.25, 0.3) is 0 Å². The van der Waals surface area contributed by atoms with Crippen LogP contribution in [0.1, 0.15) is 39.2 Å². The van der Waals surface area contributed by atoms with Gasteiger partial charge in [0, 0.05) is 24.6 Å². The van der Waals surface area contributed by atoms with Gasteiger partial charge in [0.15, 0.2) is 0 Å². The van der Waals surface area contributed by atoms with Crippen LogP contribution in [0.2, 0.25) is 0 Å². The van der Waals surface area contributed by atoms with Gasteiger partial charge in [0.05, 0.1) is 4.92 Å². The Labute approximate surface area is 145 Å². The number of para-hydroxylation sites is 1. The highest BCUT2D eigenvalue weighted by atomic mass is 16.6. The molecule has 1 N–H and O–H groups in total. The van der Waals surface area contributed by atoms with Crippen molar-refractivity contribution in [3.8, 4) is 0 Å². The normalized spacial score (nSPS) is 20.4. The smallest absolute Gasteiger partial charge is 0.411 e. The summed E-state index contributed by atoms with van der Waals surface area (Å²) in [6, 6.07) is 5.99. The zero-order valence-corrected chi connectivity index (χ0v) is 14.5. The van der Waals surface area contributed by atoms with Crippen molar-refractivity contribution in [1.29, 1.82) is 0 Å². The van der Waals surface area contributed by atoms with E-state index in [1.165, 1.54) is 23.1 Å². The minimum atomic E-state index is -1.55. The fourth-order valence-corrected chi connectivity index (χ4v) is 3.10. The number of rotatable bonds is 4.